The minimum atomic E-state index is 0.298. The van der Waals surface area contributed by atoms with Crippen LogP contribution in [0.2, 0.25) is 10.0 Å². The Hall–Kier alpha value is -3.23. The van der Waals surface area contributed by atoms with Crippen molar-refractivity contribution in [2.45, 2.75) is 0 Å². The first-order chi connectivity index (χ1) is 15.5. The van der Waals surface area contributed by atoms with E-state index in [9.17, 15) is 0 Å². The fourth-order valence-electron chi connectivity index (χ4n) is 3.52. The van der Waals surface area contributed by atoms with Crippen LogP contribution in [0.3, 0.4) is 0 Å². The van der Waals surface area contributed by atoms with Gasteiger partial charge in [0.05, 0.1) is 23.4 Å². The monoisotopic (exact) mass is 471 g/mol. The highest BCUT2D eigenvalue weighted by atomic mass is 35.5. The molecule has 1 saturated heterocycles. The molecule has 32 heavy (non-hydrogen) atoms. The number of methoxy groups -OCH3 is 1. The van der Waals surface area contributed by atoms with Crippen molar-refractivity contribution in [2.75, 3.05) is 43.9 Å². The molecule has 1 aliphatic heterocycles. The van der Waals surface area contributed by atoms with Gasteiger partial charge in [0, 0.05) is 31.7 Å². The summed E-state index contributed by atoms with van der Waals surface area (Å²) < 4.78 is 5.34. The number of anilines is 2. The summed E-state index contributed by atoms with van der Waals surface area (Å²) >= 11 is 12.4. The van der Waals surface area contributed by atoms with Crippen LogP contribution < -0.4 is 21.1 Å². The van der Waals surface area contributed by atoms with Crippen molar-refractivity contribution in [3.8, 4) is 17.0 Å². The van der Waals surface area contributed by atoms with Gasteiger partial charge in [0.25, 0.3) is 0 Å². The van der Waals surface area contributed by atoms with Gasteiger partial charge in [-0.05, 0) is 18.2 Å². The Morgan fingerprint density at radius 2 is 1.81 bits per heavy atom. The Balaban J connectivity index is 1.46. The van der Waals surface area contributed by atoms with Gasteiger partial charge in [0.15, 0.2) is 11.8 Å². The van der Waals surface area contributed by atoms with Crippen LogP contribution in [0.25, 0.3) is 11.3 Å². The van der Waals surface area contributed by atoms with Gasteiger partial charge in [-0.2, -0.15) is 0 Å². The van der Waals surface area contributed by atoms with Crippen molar-refractivity contribution in [1.29, 1.82) is 0 Å². The minimum Gasteiger partial charge on any atom is -0.494 e. The third kappa shape index (κ3) is 4.51. The molecule has 1 aromatic heterocycles. The topological polar surface area (TPSA) is 106 Å². The number of nitrogens with two attached hydrogens (primary N) is 2. The normalized spacial score (nSPS) is 14.5. The van der Waals surface area contributed by atoms with E-state index in [1.54, 1.807) is 25.4 Å². The van der Waals surface area contributed by atoms with Gasteiger partial charge in [-0.25, -0.2) is 15.0 Å². The highest BCUT2D eigenvalue weighted by Gasteiger charge is 2.21. The highest BCUT2D eigenvalue weighted by Crippen LogP contribution is 2.35. The highest BCUT2D eigenvalue weighted by molar-refractivity contribution is 6.43. The third-order valence-corrected chi connectivity index (χ3v) is 6.06. The predicted molar refractivity (Wildman–Crippen MR) is 130 cm³/mol. The molecule has 3 aromatic rings. The molecule has 8 nitrogen and oxygen atoms in total. The molecule has 0 atom stereocenters. The first kappa shape index (κ1) is 22.0. The number of nitrogens with zero attached hydrogens (tertiary/aromatic N) is 5. The third-order valence-electron chi connectivity index (χ3n) is 5.24. The van der Waals surface area contributed by atoms with E-state index in [4.69, 9.17) is 39.4 Å². The van der Waals surface area contributed by atoms with Crippen molar-refractivity contribution in [3.05, 3.63) is 58.7 Å². The van der Waals surface area contributed by atoms with E-state index in [-0.39, 0.29) is 0 Å². The molecule has 166 valence electrons. The number of aromatic nitrogens is 2. The van der Waals surface area contributed by atoms with Gasteiger partial charge < -0.3 is 26.0 Å². The standard InChI is InChI=1S/C22H23Cl2N7O/c1-32-17-8-3-2-7-16(17)28-22(26)31-11-9-30(10-12-31)18-13-27-20(21(25)29-18)14-5-4-6-15(23)19(14)24/h2-8,13H,9-12H2,1H3,(H2,25,29)(H2,26,28). The van der Waals surface area contributed by atoms with Crippen LogP contribution in [0.5, 0.6) is 5.75 Å². The lowest BCUT2D eigenvalue weighted by Gasteiger charge is -2.35. The molecule has 0 aliphatic carbocycles. The summed E-state index contributed by atoms with van der Waals surface area (Å²) in [5, 5.41) is 0.847. The van der Waals surface area contributed by atoms with Gasteiger partial charge in [0.2, 0.25) is 0 Å². The second-order valence-corrected chi connectivity index (χ2v) is 7.96. The smallest absolute Gasteiger partial charge is 0.196 e. The van der Waals surface area contributed by atoms with E-state index in [2.05, 4.69) is 19.9 Å². The molecule has 10 heteroatoms. The molecule has 0 bridgehead atoms. The average molecular weight is 472 g/mol. The van der Waals surface area contributed by atoms with Crippen molar-refractivity contribution in [3.63, 3.8) is 0 Å². The summed E-state index contributed by atoms with van der Waals surface area (Å²) in [6, 6.07) is 12.8. The Bertz CT molecular complexity index is 1150. The van der Waals surface area contributed by atoms with E-state index in [1.165, 1.54) is 0 Å². The number of rotatable bonds is 4. The molecular formula is C22H23Cl2N7O. The van der Waals surface area contributed by atoms with Crippen molar-refractivity contribution in [1.82, 2.24) is 14.9 Å². The Morgan fingerprint density at radius 1 is 1.06 bits per heavy atom. The van der Waals surface area contributed by atoms with Gasteiger partial charge in [0.1, 0.15) is 22.9 Å². The fourth-order valence-corrected chi connectivity index (χ4v) is 3.91. The van der Waals surface area contributed by atoms with Crippen LogP contribution in [0, 0.1) is 0 Å². The van der Waals surface area contributed by atoms with E-state index in [0.717, 1.165) is 0 Å². The summed E-state index contributed by atoms with van der Waals surface area (Å²) in [6.45, 7) is 2.78. The van der Waals surface area contributed by atoms with E-state index in [1.807, 2.05) is 35.2 Å². The molecule has 1 fully saturated rings. The number of benzene rings is 2. The van der Waals surface area contributed by atoms with Gasteiger partial charge in [-0.15, -0.1) is 0 Å². The number of para-hydroxylation sites is 2. The molecule has 2 heterocycles. The molecule has 0 radical (unpaired) electrons. The van der Waals surface area contributed by atoms with Crippen LogP contribution in [0.4, 0.5) is 17.3 Å². The number of hydrogen-bond donors (Lipinski definition) is 2. The number of ether oxygens (including phenoxy) is 1. The lowest BCUT2D eigenvalue weighted by Crippen LogP contribution is -2.51. The first-order valence-corrected chi connectivity index (χ1v) is 10.8. The molecule has 4 rings (SSSR count). The quantitative estimate of drug-likeness (QED) is 0.439. The SMILES string of the molecule is COc1ccccc1N=C(N)N1CCN(c2cnc(-c3cccc(Cl)c3Cl)c(N)n2)CC1. The largest absolute Gasteiger partial charge is 0.494 e. The number of halogens is 2. The maximum Gasteiger partial charge on any atom is 0.196 e. The van der Waals surface area contributed by atoms with E-state index >= 15 is 0 Å². The average Bonchev–Trinajstić information content (AvgIpc) is 2.81. The molecular weight excluding hydrogens is 449 g/mol. The van der Waals surface area contributed by atoms with Crippen molar-refractivity contribution < 1.29 is 4.74 Å². The van der Waals surface area contributed by atoms with Crippen LogP contribution in [0.15, 0.2) is 53.7 Å². The summed E-state index contributed by atoms with van der Waals surface area (Å²) in [4.78, 5) is 17.7. The van der Waals surface area contributed by atoms with E-state index < -0.39 is 0 Å². The van der Waals surface area contributed by atoms with Gasteiger partial charge in [-0.3, -0.25) is 0 Å². The molecule has 0 unspecified atom stereocenters. The number of hydrogen-bond acceptors (Lipinski definition) is 6. The lowest BCUT2D eigenvalue weighted by molar-refractivity contribution is 0.380. The Labute approximate surface area is 196 Å². The van der Waals surface area contributed by atoms with Crippen molar-refractivity contribution >= 4 is 46.5 Å². The zero-order valence-electron chi connectivity index (χ0n) is 17.5. The molecule has 1 aliphatic rings. The van der Waals surface area contributed by atoms with Crippen LogP contribution in [-0.4, -0.2) is 54.1 Å². The van der Waals surface area contributed by atoms with Crippen LogP contribution in [0.1, 0.15) is 0 Å². The Morgan fingerprint density at radius 3 is 2.53 bits per heavy atom. The minimum absolute atomic E-state index is 0.298. The number of piperazine rings is 1. The second-order valence-electron chi connectivity index (χ2n) is 7.18. The predicted octanol–water partition coefficient (Wildman–Crippen LogP) is 3.81. The second kappa shape index (κ2) is 9.50. The number of guanidine groups is 1. The number of aliphatic imine (C=N–C) groups is 1. The summed E-state index contributed by atoms with van der Waals surface area (Å²) in [5.41, 5.74) is 14.3. The summed E-state index contributed by atoms with van der Waals surface area (Å²) in [5.74, 6) is 2.13. The van der Waals surface area contributed by atoms with Crippen LogP contribution >= 0.6 is 23.2 Å². The zero-order valence-corrected chi connectivity index (χ0v) is 19.0. The number of nitrogen functional groups attached to an aromatic ring is 1. The maximum atomic E-state index is 6.31. The first-order valence-electron chi connectivity index (χ1n) is 10.0. The molecule has 0 amide bonds. The Kier molecular flexibility index (Phi) is 6.53. The molecule has 0 spiro atoms. The fraction of sp³-hybridized carbons (Fsp3) is 0.227. The van der Waals surface area contributed by atoms with Crippen molar-refractivity contribution in [2.24, 2.45) is 10.7 Å². The van der Waals surface area contributed by atoms with E-state index in [0.29, 0.717) is 76.5 Å². The zero-order chi connectivity index (χ0) is 22.7. The van der Waals surface area contributed by atoms with Gasteiger partial charge in [-0.1, -0.05) is 47.5 Å². The maximum absolute atomic E-state index is 6.31. The molecule has 0 saturated carbocycles. The summed E-state index contributed by atoms with van der Waals surface area (Å²) in [6.07, 6.45) is 1.70. The lowest BCUT2D eigenvalue weighted by atomic mass is 10.1. The molecule has 4 N–H and O–H groups in total. The summed E-state index contributed by atoms with van der Waals surface area (Å²) in [7, 11) is 1.61. The molecule has 2 aromatic carbocycles. The van der Waals surface area contributed by atoms with Crippen LogP contribution in [-0.2, 0) is 0 Å². The van der Waals surface area contributed by atoms with Gasteiger partial charge >= 0.3 is 0 Å².